The predicted molar refractivity (Wildman–Crippen MR) is 46.5 cm³/mol. The molecule has 5 N–H and O–H groups in total. The highest BCUT2D eigenvalue weighted by Gasteiger charge is 2.31. The molecule has 0 aliphatic rings. The Kier molecular flexibility index (Phi) is 5.28. The molecule has 0 aromatic heterocycles. The minimum Gasteiger partial charge on any atom is -0.394 e. The van der Waals surface area contributed by atoms with Gasteiger partial charge in [-0.1, -0.05) is 0 Å². The molecule has 0 saturated carbocycles. The Labute approximate surface area is 85.5 Å². The number of hydrogen-bond donors (Lipinski definition) is 5. The minimum atomic E-state index is -4.60. The molecule has 3 atom stereocenters. The maximum absolute atomic E-state index is 10.9. The Hall–Kier alpha value is -0.580. The Morgan fingerprint density at radius 1 is 1.20 bits per heavy atom. The average Bonchev–Trinajstić information content (AvgIpc) is 2.11. The van der Waals surface area contributed by atoms with Gasteiger partial charge in [-0.15, -0.1) is 0 Å². The zero-order chi connectivity index (χ0) is 12.2. The smallest absolute Gasteiger partial charge is 0.272 e. The summed E-state index contributed by atoms with van der Waals surface area (Å²) in [7, 11) is -4.60. The number of Topliss-reactive ketones (excluding diaryl/α,β-unsaturated/α-hetero) is 1. The third-order valence-electron chi connectivity index (χ3n) is 1.56. The molecule has 0 aliphatic carbocycles. The summed E-state index contributed by atoms with van der Waals surface area (Å²) in [4.78, 5) is 10.9. The van der Waals surface area contributed by atoms with Crippen LogP contribution in [0.4, 0.5) is 0 Å². The van der Waals surface area contributed by atoms with Crippen LogP contribution in [0.25, 0.3) is 0 Å². The van der Waals surface area contributed by atoms with Gasteiger partial charge in [-0.25, -0.2) is 0 Å². The first-order chi connectivity index (χ1) is 6.69. The van der Waals surface area contributed by atoms with Crippen molar-refractivity contribution in [3.8, 4) is 0 Å². The fraction of sp³-hybridized carbons (Fsp3) is 0.833. The van der Waals surface area contributed by atoms with Crippen LogP contribution in [0.3, 0.4) is 0 Å². The Balaban J connectivity index is 4.45. The molecule has 0 radical (unpaired) electrons. The van der Waals surface area contributed by atoms with Crippen LogP contribution < -0.4 is 0 Å². The Morgan fingerprint density at radius 2 is 1.67 bits per heavy atom. The lowest BCUT2D eigenvalue weighted by Crippen LogP contribution is -2.45. The topological polar surface area (TPSA) is 152 Å². The van der Waals surface area contributed by atoms with Crippen LogP contribution in [0.15, 0.2) is 0 Å². The van der Waals surface area contributed by atoms with E-state index in [4.69, 9.17) is 25.0 Å². The van der Waals surface area contributed by atoms with Crippen molar-refractivity contribution in [2.45, 2.75) is 18.3 Å². The van der Waals surface area contributed by atoms with Crippen molar-refractivity contribution in [3.63, 3.8) is 0 Å². The first-order valence-electron chi connectivity index (χ1n) is 3.82. The van der Waals surface area contributed by atoms with Crippen molar-refractivity contribution >= 4 is 15.9 Å². The number of hydrogen-bond acceptors (Lipinski definition) is 7. The second-order valence-corrected chi connectivity index (χ2v) is 4.33. The summed E-state index contributed by atoms with van der Waals surface area (Å²) < 4.78 is 28.7. The number of aliphatic hydroxyl groups is 4. The fourth-order valence-corrected chi connectivity index (χ4v) is 1.30. The van der Waals surface area contributed by atoms with Gasteiger partial charge < -0.3 is 20.4 Å². The predicted octanol–water partition coefficient (Wildman–Crippen LogP) is -3.48. The molecule has 15 heavy (non-hydrogen) atoms. The molecule has 0 aromatic rings. The summed E-state index contributed by atoms with van der Waals surface area (Å²) in [5.74, 6) is -2.75. The molecular weight excluding hydrogens is 232 g/mol. The molecule has 0 fully saturated rings. The quantitative estimate of drug-likeness (QED) is 0.302. The van der Waals surface area contributed by atoms with Gasteiger partial charge in [-0.2, -0.15) is 8.42 Å². The number of ketones is 1. The highest BCUT2D eigenvalue weighted by molar-refractivity contribution is 7.86. The van der Waals surface area contributed by atoms with Crippen LogP contribution in [0, 0.1) is 0 Å². The average molecular weight is 244 g/mol. The Bertz CT molecular complexity index is 309. The molecule has 0 heterocycles. The van der Waals surface area contributed by atoms with E-state index >= 15 is 0 Å². The molecule has 0 bridgehead atoms. The van der Waals surface area contributed by atoms with Crippen molar-refractivity contribution < 1.29 is 38.2 Å². The number of rotatable bonds is 6. The Morgan fingerprint density at radius 3 is 2.00 bits per heavy atom. The van der Waals surface area contributed by atoms with E-state index in [9.17, 15) is 13.2 Å². The molecule has 0 spiro atoms. The maximum atomic E-state index is 10.9. The second kappa shape index (κ2) is 5.49. The number of aliphatic hydroxyl groups excluding tert-OH is 4. The van der Waals surface area contributed by atoms with E-state index in [1.54, 1.807) is 0 Å². The molecule has 0 rings (SSSR count). The van der Waals surface area contributed by atoms with Crippen LogP contribution in [0.5, 0.6) is 0 Å². The summed E-state index contributed by atoms with van der Waals surface area (Å²) >= 11 is 0. The van der Waals surface area contributed by atoms with Crippen molar-refractivity contribution in [1.29, 1.82) is 0 Å². The second-order valence-electron chi connectivity index (χ2n) is 2.88. The van der Waals surface area contributed by atoms with Gasteiger partial charge >= 0.3 is 0 Å². The molecule has 0 amide bonds. The van der Waals surface area contributed by atoms with E-state index in [-0.39, 0.29) is 0 Å². The SMILES string of the molecule is O=C(CS(=O)(=O)O)[C@@H](O)[C@H](O)[C@@H](O)CO. The largest absolute Gasteiger partial charge is 0.394 e. The van der Waals surface area contributed by atoms with Gasteiger partial charge in [0.2, 0.25) is 0 Å². The van der Waals surface area contributed by atoms with E-state index in [2.05, 4.69) is 0 Å². The van der Waals surface area contributed by atoms with Gasteiger partial charge in [-0.05, 0) is 0 Å². The van der Waals surface area contributed by atoms with Crippen LogP contribution in [0.1, 0.15) is 0 Å². The summed E-state index contributed by atoms with van der Waals surface area (Å²) in [5.41, 5.74) is 0. The van der Waals surface area contributed by atoms with Crippen molar-refractivity contribution in [3.05, 3.63) is 0 Å². The van der Waals surface area contributed by atoms with Crippen LogP contribution in [0.2, 0.25) is 0 Å². The highest BCUT2D eigenvalue weighted by atomic mass is 32.2. The molecule has 0 aliphatic heterocycles. The number of carbonyl (C=O) groups excluding carboxylic acids is 1. The van der Waals surface area contributed by atoms with Gasteiger partial charge in [0.05, 0.1) is 6.61 Å². The molecule has 8 nitrogen and oxygen atoms in total. The molecule has 0 aromatic carbocycles. The summed E-state index contributed by atoms with van der Waals surface area (Å²) in [5, 5.41) is 35.2. The van der Waals surface area contributed by atoms with E-state index in [1.807, 2.05) is 0 Å². The maximum Gasteiger partial charge on any atom is 0.272 e. The van der Waals surface area contributed by atoms with Gasteiger partial charge in [-0.3, -0.25) is 9.35 Å². The first-order valence-corrected chi connectivity index (χ1v) is 5.43. The summed E-state index contributed by atoms with van der Waals surface area (Å²) in [6.07, 6.45) is -5.97. The normalized spacial score (nSPS) is 18.2. The van der Waals surface area contributed by atoms with Crippen LogP contribution in [-0.4, -0.2) is 69.9 Å². The van der Waals surface area contributed by atoms with E-state index in [1.165, 1.54) is 0 Å². The summed E-state index contributed by atoms with van der Waals surface area (Å²) in [6.45, 7) is -0.905. The monoisotopic (exact) mass is 244 g/mol. The zero-order valence-electron chi connectivity index (χ0n) is 7.52. The van der Waals surface area contributed by atoms with Crippen LogP contribution in [-0.2, 0) is 14.9 Å². The third-order valence-corrected chi connectivity index (χ3v) is 2.21. The van der Waals surface area contributed by atoms with Gasteiger partial charge in [0.25, 0.3) is 10.1 Å². The summed E-state index contributed by atoms with van der Waals surface area (Å²) in [6, 6.07) is 0. The van der Waals surface area contributed by atoms with Crippen molar-refractivity contribution in [1.82, 2.24) is 0 Å². The standard InChI is InChI=1S/C6H12O8S/c7-1-3(8)5(10)6(11)4(9)2-15(12,13)14/h3,5-8,10-11H,1-2H2,(H,12,13,14)/t3-,5+,6+/m0/s1. The van der Waals surface area contributed by atoms with Crippen molar-refractivity contribution in [2.75, 3.05) is 12.4 Å². The van der Waals surface area contributed by atoms with Gasteiger partial charge in [0, 0.05) is 0 Å². The lowest BCUT2D eigenvalue weighted by Gasteiger charge is -2.19. The van der Waals surface area contributed by atoms with Gasteiger partial charge in [0.15, 0.2) is 5.78 Å². The van der Waals surface area contributed by atoms with E-state index in [0.717, 1.165) is 0 Å². The lowest BCUT2D eigenvalue weighted by atomic mass is 10.1. The van der Waals surface area contributed by atoms with Gasteiger partial charge in [0.1, 0.15) is 24.1 Å². The molecule has 0 saturated heterocycles. The molecule has 90 valence electrons. The third kappa shape index (κ3) is 5.16. The number of carbonyl (C=O) groups is 1. The molecule has 0 unspecified atom stereocenters. The minimum absolute atomic E-state index is 0.905. The van der Waals surface area contributed by atoms with E-state index in [0.29, 0.717) is 0 Å². The molecule has 9 heteroatoms. The lowest BCUT2D eigenvalue weighted by molar-refractivity contribution is -0.137. The first kappa shape index (κ1) is 14.4. The molecular formula is C6H12O8S. The van der Waals surface area contributed by atoms with Crippen LogP contribution >= 0.6 is 0 Å². The van der Waals surface area contributed by atoms with E-state index < -0.39 is 46.6 Å². The fourth-order valence-electron chi connectivity index (χ4n) is 0.774. The highest BCUT2D eigenvalue weighted by Crippen LogP contribution is 2.02. The zero-order valence-corrected chi connectivity index (χ0v) is 8.33. The van der Waals surface area contributed by atoms with Crippen molar-refractivity contribution in [2.24, 2.45) is 0 Å².